The molecule has 3 rings (SSSR count). The molecule has 1 aliphatic carbocycles. The number of benzene rings is 1. The lowest BCUT2D eigenvalue weighted by Gasteiger charge is -2.31. The summed E-state index contributed by atoms with van der Waals surface area (Å²) in [6.07, 6.45) is 6.87. The molecule has 1 aliphatic heterocycles. The maximum Gasteiger partial charge on any atom is 0.265 e. The second-order valence-corrected chi connectivity index (χ2v) is 6.78. The van der Waals surface area contributed by atoms with Gasteiger partial charge in [0, 0.05) is 19.3 Å². The molecule has 1 fully saturated rings. The number of nitrogens with zero attached hydrogens (tertiary/aromatic N) is 2. The Labute approximate surface area is 154 Å². The van der Waals surface area contributed by atoms with Crippen molar-refractivity contribution in [1.29, 1.82) is 5.26 Å². The van der Waals surface area contributed by atoms with E-state index < -0.39 is 0 Å². The summed E-state index contributed by atoms with van der Waals surface area (Å²) in [5.74, 6) is 1.22. The fourth-order valence-electron chi connectivity index (χ4n) is 3.42. The van der Waals surface area contributed by atoms with Gasteiger partial charge in [0.15, 0.2) is 11.5 Å². The van der Waals surface area contributed by atoms with Crippen molar-refractivity contribution >= 4 is 5.91 Å². The third-order valence-corrected chi connectivity index (χ3v) is 4.95. The van der Waals surface area contributed by atoms with Crippen LogP contribution in [0.4, 0.5) is 0 Å². The number of rotatable bonds is 5. The Hall–Kier alpha value is -2.68. The summed E-state index contributed by atoms with van der Waals surface area (Å²) >= 11 is 0. The van der Waals surface area contributed by atoms with Gasteiger partial charge in [-0.1, -0.05) is 31.4 Å². The molecule has 0 bridgehead atoms. The second-order valence-electron chi connectivity index (χ2n) is 6.78. The molecule has 1 atom stereocenters. The SMILES string of the molecule is CN(C(=O)/C(C#N)=C\NCC1COc2ccccc2O1)C1CCCCC1. The smallest absolute Gasteiger partial charge is 0.265 e. The van der Waals surface area contributed by atoms with Gasteiger partial charge < -0.3 is 19.7 Å². The van der Waals surface area contributed by atoms with Crippen molar-refractivity contribution in [3.8, 4) is 17.6 Å². The van der Waals surface area contributed by atoms with Crippen molar-refractivity contribution in [1.82, 2.24) is 10.2 Å². The minimum Gasteiger partial charge on any atom is -0.486 e. The molecule has 6 heteroatoms. The van der Waals surface area contributed by atoms with Crippen LogP contribution >= 0.6 is 0 Å². The van der Waals surface area contributed by atoms with Crippen molar-refractivity contribution < 1.29 is 14.3 Å². The number of nitrogens with one attached hydrogen (secondary N) is 1. The number of fused-ring (bicyclic) bond motifs is 1. The van der Waals surface area contributed by atoms with E-state index in [0.717, 1.165) is 31.4 Å². The van der Waals surface area contributed by atoms with E-state index in [9.17, 15) is 10.1 Å². The van der Waals surface area contributed by atoms with Crippen LogP contribution in [-0.4, -0.2) is 43.2 Å². The van der Waals surface area contributed by atoms with Gasteiger partial charge in [-0.15, -0.1) is 0 Å². The topological polar surface area (TPSA) is 74.6 Å². The summed E-state index contributed by atoms with van der Waals surface area (Å²) in [6, 6.07) is 9.77. The van der Waals surface area contributed by atoms with Crippen molar-refractivity contribution in [3.05, 3.63) is 36.0 Å². The standard InChI is InChI=1S/C20H25N3O3/c1-23(16-7-3-2-4-8-16)20(24)15(11-21)12-22-13-17-14-25-18-9-5-6-10-19(18)26-17/h5-6,9-10,12,16-17,22H,2-4,7-8,13-14H2,1H3/b15-12-. The lowest BCUT2D eigenvalue weighted by Crippen LogP contribution is -2.40. The zero-order chi connectivity index (χ0) is 18.4. The highest BCUT2D eigenvalue weighted by Gasteiger charge is 2.25. The summed E-state index contributed by atoms with van der Waals surface area (Å²) in [5, 5.41) is 12.4. The van der Waals surface area contributed by atoms with E-state index in [1.54, 1.807) is 11.9 Å². The summed E-state index contributed by atoms with van der Waals surface area (Å²) in [7, 11) is 1.79. The van der Waals surface area contributed by atoms with Gasteiger partial charge in [0.05, 0.1) is 6.54 Å². The van der Waals surface area contributed by atoms with Crippen molar-refractivity contribution in [2.24, 2.45) is 0 Å². The van der Waals surface area contributed by atoms with E-state index in [1.807, 2.05) is 30.3 Å². The van der Waals surface area contributed by atoms with Gasteiger partial charge in [-0.25, -0.2) is 0 Å². The van der Waals surface area contributed by atoms with E-state index in [0.29, 0.717) is 18.9 Å². The predicted octanol–water partition coefficient (Wildman–Crippen LogP) is 2.61. The molecule has 0 radical (unpaired) electrons. The first-order valence-electron chi connectivity index (χ1n) is 9.18. The molecule has 1 amide bonds. The van der Waals surface area contributed by atoms with E-state index in [-0.39, 0.29) is 23.6 Å². The highest BCUT2D eigenvalue weighted by molar-refractivity contribution is 5.97. The molecule has 26 heavy (non-hydrogen) atoms. The van der Waals surface area contributed by atoms with Gasteiger partial charge in [0.25, 0.3) is 5.91 Å². The third kappa shape index (κ3) is 4.29. The van der Waals surface area contributed by atoms with Gasteiger partial charge >= 0.3 is 0 Å². The van der Waals surface area contributed by atoms with Gasteiger partial charge in [0.2, 0.25) is 0 Å². The van der Waals surface area contributed by atoms with Crippen LogP contribution in [0.15, 0.2) is 36.0 Å². The second kappa shape index (κ2) is 8.61. The number of hydrogen-bond acceptors (Lipinski definition) is 5. The Morgan fingerprint density at radius 3 is 2.77 bits per heavy atom. The number of amides is 1. The summed E-state index contributed by atoms with van der Waals surface area (Å²) in [5.41, 5.74) is 0.121. The molecule has 1 N–H and O–H groups in total. The first kappa shape index (κ1) is 18.1. The van der Waals surface area contributed by atoms with Crippen LogP contribution in [0, 0.1) is 11.3 Å². The molecule has 1 unspecified atom stereocenters. The van der Waals surface area contributed by atoms with Crippen LogP contribution in [-0.2, 0) is 4.79 Å². The normalized spacial score (nSPS) is 20.2. The Bertz CT molecular complexity index is 704. The Morgan fingerprint density at radius 2 is 2.04 bits per heavy atom. The van der Waals surface area contributed by atoms with Crippen molar-refractivity contribution in [2.75, 3.05) is 20.2 Å². The van der Waals surface area contributed by atoms with E-state index >= 15 is 0 Å². The molecule has 138 valence electrons. The molecule has 0 spiro atoms. The van der Waals surface area contributed by atoms with Crippen LogP contribution in [0.5, 0.6) is 11.5 Å². The Balaban J connectivity index is 1.53. The van der Waals surface area contributed by atoms with E-state index in [1.165, 1.54) is 12.6 Å². The monoisotopic (exact) mass is 355 g/mol. The summed E-state index contributed by atoms with van der Waals surface area (Å²) in [4.78, 5) is 14.3. The number of carbonyl (C=O) groups excluding carboxylic acids is 1. The molecule has 0 saturated heterocycles. The van der Waals surface area contributed by atoms with E-state index in [2.05, 4.69) is 5.32 Å². The first-order valence-corrected chi connectivity index (χ1v) is 9.18. The van der Waals surface area contributed by atoms with Gasteiger partial charge in [-0.05, 0) is 25.0 Å². The van der Waals surface area contributed by atoms with Crippen LogP contribution in [0.2, 0.25) is 0 Å². The molecule has 2 aliphatic rings. The molecule has 1 aromatic carbocycles. The first-order chi connectivity index (χ1) is 12.7. The molecular weight excluding hydrogens is 330 g/mol. The van der Waals surface area contributed by atoms with E-state index in [4.69, 9.17) is 9.47 Å². The van der Waals surface area contributed by atoms with Gasteiger partial charge in [0.1, 0.15) is 24.4 Å². The fraction of sp³-hybridized carbons (Fsp3) is 0.500. The molecule has 6 nitrogen and oxygen atoms in total. The van der Waals surface area contributed by atoms with Crippen LogP contribution in [0.3, 0.4) is 0 Å². The lowest BCUT2D eigenvalue weighted by molar-refractivity contribution is -0.128. The minimum atomic E-state index is -0.224. The van der Waals surface area contributed by atoms with Crippen molar-refractivity contribution in [3.63, 3.8) is 0 Å². The highest BCUT2D eigenvalue weighted by atomic mass is 16.6. The average Bonchev–Trinajstić information content (AvgIpc) is 2.70. The molecule has 1 saturated carbocycles. The minimum absolute atomic E-state index is 0.121. The number of para-hydroxylation sites is 2. The number of nitriles is 1. The number of likely N-dealkylation sites (N-methyl/N-ethyl adjacent to an activating group) is 1. The number of ether oxygens (including phenoxy) is 2. The lowest BCUT2D eigenvalue weighted by atomic mass is 9.94. The summed E-state index contributed by atoms with van der Waals surface area (Å²) < 4.78 is 11.5. The number of hydrogen-bond donors (Lipinski definition) is 1. The maximum absolute atomic E-state index is 12.6. The van der Waals surface area contributed by atoms with Crippen LogP contribution < -0.4 is 14.8 Å². The zero-order valence-corrected chi connectivity index (χ0v) is 15.1. The molecular formula is C20H25N3O3. The Morgan fingerprint density at radius 1 is 1.31 bits per heavy atom. The van der Waals surface area contributed by atoms with Crippen LogP contribution in [0.25, 0.3) is 0 Å². The van der Waals surface area contributed by atoms with Gasteiger partial charge in [-0.3, -0.25) is 4.79 Å². The third-order valence-electron chi connectivity index (χ3n) is 4.95. The highest BCUT2D eigenvalue weighted by Crippen LogP contribution is 2.30. The largest absolute Gasteiger partial charge is 0.486 e. The predicted molar refractivity (Wildman–Crippen MR) is 97.7 cm³/mol. The molecule has 0 aromatic heterocycles. The van der Waals surface area contributed by atoms with Crippen molar-refractivity contribution in [2.45, 2.75) is 44.2 Å². The fourth-order valence-corrected chi connectivity index (χ4v) is 3.42. The maximum atomic E-state index is 12.6. The zero-order valence-electron chi connectivity index (χ0n) is 15.1. The summed E-state index contributed by atoms with van der Waals surface area (Å²) in [6.45, 7) is 0.885. The molecule has 1 aromatic rings. The quantitative estimate of drug-likeness (QED) is 0.649. The van der Waals surface area contributed by atoms with Crippen LogP contribution in [0.1, 0.15) is 32.1 Å². The average molecular weight is 355 g/mol. The van der Waals surface area contributed by atoms with Gasteiger partial charge in [-0.2, -0.15) is 5.26 Å². The Kier molecular flexibility index (Phi) is 6.00. The number of carbonyl (C=O) groups is 1. The molecule has 1 heterocycles.